The number of nitrogens with zero attached hydrogens (tertiary/aromatic N) is 1. The van der Waals surface area contributed by atoms with Crippen molar-refractivity contribution in [3.63, 3.8) is 0 Å². The van der Waals surface area contributed by atoms with Crippen LogP contribution >= 0.6 is 0 Å². The number of aliphatic hydroxyl groups is 1. The van der Waals surface area contributed by atoms with Crippen LogP contribution in [0.2, 0.25) is 0 Å². The molecule has 1 amide bonds. The Kier molecular flexibility index (Phi) is 6.24. The molecule has 0 saturated carbocycles. The molecule has 0 spiro atoms. The number of nitro groups is 1. The molecular weight excluding hydrogens is 284 g/mol. The van der Waals surface area contributed by atoms with Gasteiger partial charge < -0.3 is 10.4 Å². The number of non-ortho nitro benzene ring substituents is 1. The molecule has 0 aliphatic carbocycles. The maximum absolute atomic E-state index is 11.8. The van der Waals surface area contributed by atoms with E-state index in [1.54, 1.807) is 18.2 Å². The van der Waals surface area contributed by atoms with Crippen LogP contribution in [0.3, 0.4) is 0 Å². The zero-order valence-corrected chi connectivity index (χ0v) is 13.1. The lowest BCUT2D eigenvalue weighted by molar-refractivity contribution is -0.384. The molecule has 22 heavy (non-hydrogen) atoms. The third kappa shape index (κ3) is 6.49. The maximum atomic E-state index is 11.8. The summed E-state index contributed by atoms with van der Waals surface area (Å²) in [4.78, 5) is 21.9. The number of hydrogen-bond donors (Lipinski definition) is 2. The molecule has 2 N–H and O–H groups in total. The van der Waals surface area contributed by atoms with E-state index < -0.39 is 4.92 Å². The highest BCUT2D eigenvalue weighted by Gasteiger charge is 2.18. The van der Waals surface area contributed by atoms with Crippen LogP contribution in [0.1, 0.15) is 32.8 Å². The fraction of sp³-hybridized carbons (Fsp3) is 0.438. The molecule has 0 aliphatic rings. The van der Waals surface area contributed by atoms with E-state index in [4.69, 9.17) is 0 Å². The number of hydrogen-bond acceptors (Lipinski definition) is 4. The Morgan fingerprint density at radius 2 is 1.95 bits per heavy atom. The summed E-state index contributed by atoms with van der Waals surface area (Å²) in [5, 5.41) is 22.6. The van der Waals surface area contributed by atoms with Crippen LogP contribution in [0.15, 0.2) is 30.3 Å². The van der Waals surface area contributed by atoms with Crippen LogP contribution in [0.5, 0.6) is 0 Å². The van der Waals surface area contributed by atoms with E-state index in [0.717, 1.165) is 0 Å². The molecule has 0 saturated heterocycles. The molecule has 1 unspecified atom stereocenters. The first-order valence-corrected chi connectivity index (χ1v) is 7.05. The van der Waals surface area contributed by atoms with Gasteiger partial charge in [0.2, 0.25) is 5.91 Å². The van der Waals surface area contributed by atoms with E-state index >= 15 is 0 Å². The number of amides is 1. The summed E-state index contributed by atoms with van der Waals surface area (Å²) < 4.78 is 0. The Balaban J connectivity index is 2.61. The average molecular weight is 306 g/mol. The molecular formula is C16H22N2O4. The molecule has 0 fully saturated rings. The van der Waals surface area contributed by atoms with Crippen LogP contribution in [0, 0.1) is 15.5 Å². The number of carbonyl (C=O) groups is 1. The van der Waals surface area contributed by atoms with Crippen LogP contribution < -0.4 is 5.32 Å². The number of carbonyl (C=O) groups excluding carboxylic acids is 1. The Labute approximate surface area is 130 Å². The Morgan fingerprint density at radius 3 is 2.41 bits per heavy atom. The van der Waals surface area contributed by atoms with Gasteiger partial charge in [0.1, 0.15) is 0 Å². The zero-order chi connectivity index (χ0) is 16.8. The van der Waals surface area contributed by atoms with Crippen molar-refractivity contribution in [1.29, 1.82) is 0 Å². The van der Waals surface area contributed by atoms with Gasteiger partial charge in [-0.25, -0.2) is 0 Å². The molecule has 0 aliphatic heterocycles. The van der Waals surface area contributed by atoms with E-state index in [-0.39, 0.29) is 29.7 Å². The van der Waals surface area contributed by atoms with Gasteiger partial charge in [-0.1, -0.05) is 20.8 Å². The van der Waals surface area contributed by atoms with Crippen molar-refractivity contribution in [1.82, 2.24) is 5.32 Å². The third-order valence-corrected chi connectivity index (χ3v) is 2.96. The van der Waals surface area contributed by atoms with Crippen molar-refractivity contribution in [2.75, 3.05) is 6.61 Å². The first kappa shape index (κ1) is 17.8. The van der Waals surface area contributed by atoms with Crippen molar-refractivity contribution in [2.24, 2.45) is 5.41 Å². The van der Waals surface area contributed by atoms with Crippen molar-refractivity contribution in [3.05, 3.63) is 46.0 Å². The summed E-state index contributed by atoms with van der Waals surface area (Å²) in [5.41, 5.74) is 0.701. The minimum Gasteiger partial charge on any atom is -0.394 e. The summed E-state index contributed by atoms with van der Waals surface area (Å²) in [6.45, 7) is 5.99. The Hall–Kier alpha value is -2.21. The van der Waals surface area contributed by atoms with Gasteiger partial charge in [-0.05, 0) is 35.6 Å². The van der Waals surface area contributed by atoms with E-state index in [1.165, 1.54) is 18.2 Å². The van der Waals surface area contributed by atoms with Gasteiger partial charge in [0.15, 0.2) is 0 Å². The molecule has 0 aromatic heterocycles. The SMILES string of the molecule is CC(C)(C)CC(CO)NC(=O)/C=C/c1ccc([N+](=O)[O-])cc1. The normalized spacial score (nSPS) is 13.1. The Bertz CT molecular complexity index is 544. The lowest BCUT2D eigenvalue weighted by Crippen LogP contribution is -2.39. The second-order valence-corrected chi connectivity index (χ2v) is 6.33. The number of nitrogens with one attached hydrogen (secondary N) is 1. The third-order valence-electron chi connectivity index (χ3n) is 2.96. The molecule has 1 aromatic rings. The molecule has 0 bridgehead atoms. The lowest BCUT2D eigenvalue weighted by Gasteiger charge is -2.24. The van der Waals surface area contributed by atoms with E-state index in [1.807, 2.05) is 20.8 Å². The van der Waals surface area contributed by atoms with Crippen LogP contribution in [0.4, 0.5) is 5.69 Å². The van der Waals surface area contributed by atoms with Gasteiger partial charge in [-0.15, -0.1) is 0 Å². The van der Waals surface area contributed by atoms with Gasteiger partial charge in [0.25, 0.3) is 5.69 Å². The van der Waals surface area contributed by atoms with Crippen LogP contribution in [-0.2, 0) is 4.79 Å². The second kappa shape index (κ2) is 7.70. The lowest BCUT2D eigenvalue weighted by atomic mass is 9.88. The smallest absolute Gasteiger partial charge is 0.269 e. The molecule has 120 valence electrons. The fourth-order valence-corrected chi connectivity index (χ4v) is 2.03. The molecule has 0 heterocycles. The van der Waals surface area contributed by atoms with Gasteiger partial charge in [0.05, 0.1) is 17.6 Å². The van der Waals surface area contributed by atoms with Crippen molar-refractivity contribution in [2.45, 2.75) is 33.2 Å². The highest BCUT2D eigenvalue weighted by Crippen LogP contribution is 2.20. The average Bonchev–Trinajstić information content (AvgIpc) is 2.43. The van der Waals surface area contributed by atoms with Gasteiger partial charge >= 0.3 is 0 Å². The topological polar surface area (TPSA) is 92.5 Å². The number of aliphatic hydroxyl groups excluding tert-OH is 1. The molecule has 1 rings (SSSR count). The number of benzene rings is 1. The maximum Gasteiger partial charge on any atom is 0.269 e. The van der Waals surface area contributed by atoms with Gasteiger partial charge in [0, 0.05) is 18.2 Å². The largest absolute Gasteiger partial charge is 0.394 e. The van der Waals surface area contributed by atoms with Crippen LogP contribution in [-0.4, -0.2) is 28.6 Å². The van der Waals surface area contributed by atoms with Crippen molar-refractivity contribution < 1.29 is 14.8 Å². The van der Waals surface area contributed by atoms with Crippen LogP contribution in [0.25, 0.3) is 6.08 Å². The first-order chi connectivity index (χ1) is 10.2. The second-order valence-electron chi connectivity index (χ2n) is 6.33. The monoisotopic (exact) mass is 306 g/mol. The van der Waals surface area contributed by atoms with Gasteiger partial charge in [-0.3, -0.25) is 14.9 Å². The summed E-state index contributed by atoms with van der Waals surface area (Å²) in [7, 11) is 0. The molecule has 6 heteroatoms. The predicted octanol–water partition coefficient (Wildman–Crippen LogP) is 2.52. The minimum absolute atomic E-state index is 0.00273. The van der Waals surface area contributed by atoms with E-state index in [9.17, 15) is 20.0 Å². The summed E-state index contributed by atoms with van der Waals surface area (Å²) >= 11 is 0. The molecule has 1 atom stereocenters. The summed E-state index contributed by atoms with van der Waals surface area (Å²) in [5.74, 6) is -0.304. The molecule has 1 aromatic carbocycles. The van der Waals surface area contributed by atoms with Crippen molar-refractivity contribution >= 4 is 17.7 Å². The number of rotatable bonds is 6. The zero-order valence-electron chi connectivity index (χ0n) is 13.1. The molecule has 0 radical (unpaired) electrons. The summed E-state index contributed by atoms with van der Waals surface area (Å²) in [6, 6.07) is 5.61. The Morgan fingerprint density at radius 1 is 1.36 bits per heavy atom. The quantitative estimate of drug-likeness (QED) is 0.480. The van der Waals surface area contributed by atoms with E-state index in [2.05, 4.69) is 5.32 Å². The minimum atomic E-state index is -0.474. The summed E-state index contributed by atoms with van der Waals surface area (Å²) in [6.07, 6.45) is 3.59. The van der Waals surface area contributed by atoms with E-state index in [0.29, 0.717) is 12.0 Å². The van der Waals surface area contributed by atoms with Gasteiger partial charge in [-0.2, -0.15) is 0 Å². The highest BCUT2D eigenvalue weighted by molar-refractivity contribution is 5.91. The van der Waals surface area contributed by atoms with Crippen molar-refractivity contribution in [3.8, 4) is 0 Å². The number of nitro benzene ring substituents is 1. The first-order valence-electron chi connectivity index (χ1n) is 7.05. The fourth-order valence-electron chi connectivity index (χ4n) is 2.03. The highest BCUT2D eigenvalue weighted by atomic mass is 16.6. The standard InChI is InChI=1S/C16H22N2O4/c1-16(2,3)10-13(11-19)17-15(20)9-6-12-4-7-14(8-5-12)18(21)22/h4-9,13,19H,10-11H2,1-3H3,(H,17,20)/b9-6+. The molecule has 6 nitrogen and oxygen atoms in total. The predicted molar refractivity (Wildman–Crippen MR) is 85.2 cm³/mol.